The normalized spacial score (nSPS) is 19.9. The van der Waals surface area contributed by atoms with E-state index in [1.807, 2.05) is 20.8 Å². The number of alkyl halides is 1. The Labute approximate surface area is 142 Å². The topological polar surface area (TPSA) is 60.2 Å². The minimum absolute atomic E-state index is 0.220. The molecule has 3 rings (SSSR count). The highest BCUT2D eigenvalue weighted by molar-refractivity contribution is 6.16. The Balaban J connectivity index is 1.65. The fraction of sp³-hybridized carbons (Fsp3) is 0.812. The maximum absolute atomic E-state index is 12.2. The van der Waals surface area contributed by atoms with Gasteiger partial charge in [-0.2, -0.15) is 0 Å². The van der Waals surface area contributed by atoms with Gasteiger partial charge in [-0.05, 0) is 46.5 Å². The molecule has 128 valence electrons. The zero-order valence-corrected chi connectivity index (χ0v) is 14.8. The van der Waals surface area contributed by atoms with E-state index in [1.165, 1.54) is 18.5 Å². The molecule has 1 aliphatic carbocycles. The lowest BCUT2D eigenvalue weighted by Crippen LogP contribution is -2.41. The van der Waals surface area contributed by atoms with Gasteiger partial charge in [-0.15, -0.1) is 16.7 Å². The molecule has 1 aromatic rings. The largest absolute Gasteiger partial charge is 0.444 e. The highest BCUT2D eigenvalue weighted by Gasteiger charge is 2.34. The third-order valence-corrected chi connectivity index (χ3v) is 4.61. The van der Waals surface area contributed by atoms with Crippen molar-refractivity contribution < 1.29 is 9.53 Å². The fourth-order valence-electron chi connectivity index (χ4n) is 3.10. The van der Waals surface area contributed by atoms with Crippen molar-refractivity contribution in [3.05, 3.63) is 11.4 Å². The fourth-order valence-corrected chi connectivity index (χ4v) is 3.29. The lowest BCUT2D eigenvalue weighted by Gasteiger charge is -2.33. The lowest BCUT2D eigenvalue weighted by atomic mass is 9.92. The van der Waals surface area contributed by atoms with Gasteiger partial charge in [0.15, 0.2) is 0 Å². The molecule has 1 aliphatic heterocycles. The van der Waals surface area contributed by atoms with Crippen molar-refractivity contribution in [1.82, 2.24) is 19.9 Å². The smallest absolute Gasteiger partial charge is 0.410 e. The summed E-state index contributed by atoms with van der Waals surface area (Å²) in [6.45, 7) is 7.09. The zero-order chi connectivity index (χ0) is 16.6. The van der Waals surface area contributed by atoms with E-state index in [0.717, 1.165) is 18.5 Å². The SMILES string of the molecule is CC(C)(C)OC(=O)N1CCC(c2c(CCl)nnn2C2CC2)CC1. The molecule has 0 N–H and O–H groups in total. The van der Waals surface area contributed by atoms with E-state index >= 15 is 0 Å². The number of carbonyl (C=O) groups excluding carboxylic acids is 1. The minimum atomic E-state index is -0.450. The van der Waals surface area contributed by atoms with E-state index in [1.54, 1.807) is 4.90 Å². The molecule has 23 heavy (non-hydrogen) atoms. The van der Waals surface area contributed by atoms with Crippen LogP contribution in [0.5, 0.6) is 0 Å². The second-order valence-electron chi connectivity index (χ2n) is 7.47. The third kappa shape index (κ3) is 3.79. The summed E-state index contributed by atoms with van der Waals surface area (Å²) < 4.78 is 7.53. The number of piperidine rings is 1. The van der Waals surface area contributed by atoms with Crippen molar-refractivity contribution in [2.24, 2.45) is 0 Å². The summed E-state index contributed by atoms with van der Waals surface area (Å²) in [6, 6.07) is 0.498. The van der Waals surface area contributed by atoms with Crippen LogP contribution < -0.4 is 0 Å². The van der Waals surface area contributed by atoms with E-state index < -0.39 is 5.60 Å². The van der Waals surface area contributed by atoms with E-state index in [0.29, 0.717) is 30.9 Å². The molecule has 6 nitrogen and oxygen atoms in total. The number of likely N-dealkylation sites (tertiary alicyclic amines) is 1. The van der Waals surface area contributed by atoms with Crippen LogP contribution in [0.3, 0.4) is 0 Å². The van der Waals surface area contributed by atoms with Gasteiger partial charge >= 0.3 is 6.09 Å². The number of aromatic nitrogens is 3. The maximum Gasteiger partial charge on any atom is 0.410 e. The van der Waals surface area contributed by atoms with Crippen LogP contribution in [0.4, 0.5) is 4.79 Å². The van der Waals surface area contributed by atoms with Crippen LogP contribution in [-0.2, 0) is 10.6 Å². The van der Waals surface area contributed by atoms with Crippen LogP contribution in [0, 0.1) is 0 Å². The Bertz CT molecular complexity index is 569. The second-order valence-corrected chi connectivity index (χ2v) is 7.74. The van der Waals surface area contributed by atoms with E-state index in [9.17, 15) is 4.79 Å². The summed E-state index contributed by atoms with van der Waals surface area (Å²) in [4.78, 5) is 14.0. The van der Waals surface area contributed by atoms with Gasteiger partial charge in [-0.3, -0.25) is 0 Å². The number of carbonyl (C=O) groups is 1. The molecule has 1 saturated heterocycles. The van der Waals surface area contributed by atoms with Gasteiger partial charge in [0.25, 0.3) is 0 Å². The van der Waals surface area contributed by atoms with Crippen LogP contribution >= 0.6 is 11.6 Å². The molecular weight excluding hydrogens is 316 g/mol. The molecule has 0 radical (unpaired) electrons. The van der Waals surface area contributed by atoms with E-state index in [-0.39, 0.29) is 6.09 Å². The Morgan fingerprint density at radius 1 is 1.26 bits per heavy atom. The first-order valence-corrected chi connectivity index (χ1v) is 8.90. The van der Waals surface area contributed by atoms with Gasteiger partial charge in [-0.1, -0.05) is 5.21 Å². The van der Waals surface area contributed by atoms with Crippen molar-refractivity contribution in [2.75, 3.05) is 13.1 Å². The first kappa shape index (κ1) is 16.6. The van der Waals surface area contributed by atoms with Gasteiger partial charge in [0.05, 0.1) is 17.6 Å². The van der Waals surface area contributed by atoms with Crippen molar-refractivity contribution in [3.63, 3.8) is 0 Å². The molecule has 0 atom stereocenters. The van der Waals surface area contributed by atoms with Crippen molar-refractivity contribution in [1.29, 1.82) is 0 Å². The van der Waals surface area contributed by atoms with Crippen molar-refractivity contribution in [3.8, 4) is 0 Å². The summed E-state index contributed by atoms with van der Waals surface area (Å²) >= 11 is 6.04. The molecule has 1 aromatic heterocycles. The maximum atomic E-state index is 12.2. The summed E-state index contributed by atoms with van der Waals surface area (Å²) in [7, 11) is 0. The van der Waals surface area contributed by atoms with Crippen LogP contribution in [0.15, 0.2) is 0 Å². The third-order valence-electron chi connectivity index (χ3n) is 4.36. The monoisotopic (exact) mass is 340 g/mol. The van der Waals surface area contributed by atoms with Crippen LogP contribution in [-0.4, -0.2) is 44.7 Å². The number of hydrogen-bond acceptors (Lipinski definition) is 4. The Kier molecular flexibility index (Phi) is 4.54. The Hall–Kier alpha value is -1.30. The number of rotatable bonds is 3. The predicted molar refractivity (Wildman–Crippen MR) is 87.6 cm³/mol. The van der Waals surface area contributed by atoms with E-state index in [2.05, 4.69) is 15.0 Å². The van der Waals surface area contributed by atoms with Gasteiger partial charge in [0, 0.05) is 19.0 Å². The molecule has 2 fully saturated rings. The molecule has 1 saturated carbocycles. The van der Waals surface area contributed by atoms with Gasteiger partial charge < -0.3 is 9.64 Å². The Morgan fingerprint density at radius 3 is 2.43 bits per heavy atom. The summed E-state index contributed by atoms with van der Waals surface area (Å²) in [6.07, 6.45) is 3.94. The quantitative estimate of drug-likeness (QED) is 0.790. The molecule has 1 amide bonds. The molecule has 0 aromatic carbocycles. The number of amides is 1. The molecular formula is C16H25ClN4O2. The molecule has 2 heterocycles. The van der Waals surface area contributed by atoms with Gasteiger partial charge in [0.2, 0.25) is 0 Å². The highest BCUT2D eigenvalue weighted by atomic mass is 35.5. The summed E-state index contributed by atoms with van der Waals surface area (Å²) in [5.41, 5.74) is 1.63. The van der Waals surface area contributed by atoms with Gasteiger partial charge in [-0.25, -0.2) is 9.48 Å². The average Bonchev–Trinajstić information content (AvgIpc) is 3.24. The standard InChI is InChI=1S/C16H25ClN4O2/c1-16(2,3)23-15(22)20-8-6-11(7-9-20)14-13(10-17)18-19-21(14)12-4-5-12/h11-12H,4-10H2,1-3H3. The number of ether oxygens (including phenoxy) is 1. The Morgan fingerprint density at radius 2 is 1.91 bits per heavy atom. The van der Waals surface area contributed by atoms with Crippen LogP contribution in [0.1, 0.15) is 69.8 Å². The molecule has 0 unspecified atom stereocenters. The minimum Gasteiger partial charge on any atom is -0.444 e. The van der Waals surface area contributed by atoms with Crippen LogP contribution in [0.25, 0.3) is 0 Å². The average molecular weight is 341 g/mol. The van der Waals surface area contributed by atoms with E-state index in [4.69, 9.17) is 16.3 Å². The summed E-state index contributed by atoms with van der Waals surface area (Å²) in [5, 5.41) is 8.55. The van der Waals surface area contributed by atoms with Crippen molar-refractivity contribution >= 4 is 17.7 Å². The molecule has 0 spiro atoms. The number of halogens is 1. The second kappa shape index (κ2) is 6.30. The molecule has 2 aliphatic rings. The molecule has 7 heteroatoms. The predicted octanol–water partition coefficient (Wildman–Crippen LogP) is 3.47. The first-order valence-electron chi connectivity index (χ1n) is 8.37. The highest BCUT2D eigenvalue weighted by Crippen LogP contribution is 2.39. The van der Waals surface area contributed by atoms with Crippen molar-refractivity contribution in [2.45, 2.75) is 69.9 Å². The number of hydrogen-bond donors (Lipinski definition) is 0. The van der Waals surface area contributed by atoms with Crippen LogP contribution in [0.2, 0.25) is 0 Å². The summed E-state index contributed by atoms with van der Waals surface area (Å²) in [5.74, 6) is 0.770. The lowest BCUT2D eigenvalue weighted by molar-refractivity contribution is 0.0203. The zero-order valence-electron chi connectivity index (χ0n) is 14.1. The molecule has 0 bridgehead atoms. The number of nitrogens with zero attached hydrogens (tertiary/aromatic N) is 4. The van der Waals surface area contributed by atoms with Gasteiger partial charge in [0.1, 0.15) is 11.3 Å². The first-order chi connectivity index (χ1) is 10.9.